The zero-order valence-corrected chi connectivity index (χ0v) is 15.7. The third-order valence-corrected chi connectivity index (χ3v) is 4.12. The first-order valence-corrected chi connectivity index (χ1v) is 8.48. The standard InChI is InChI=1S/C18H26N2.C2H6.H2/c1-12-11-19-17(14(3)20-12)16(10-9-15-7-8-15)13(2)18(4,5)6;1-2;/h7,11H,8-10H2,1-6H3;1-2H3;1H/b16-13+;;. The van der Waals surface area contributed by atoms with Crippen molar-refractivity contribution in [3.05, 3.63) is 40.5 Å². The summed E-state index contributed by atoms with van der Waals surface area (Å²) in [6.45, 7) is 17.1. The first-order chi connectivity index (χ1) is 10.3. The first-order valence-electron chi connectivity index (χ1n) is 8.48. The van der Waals surface area contributed by atoms with E-state index in [1.165, 1.54) is 17.6 Å². The molecule has 0 amide bonds. The van der Waals surface area contributed by atoms with Crippen molar-refractivity contribution in [3.63, 3.8) is 0 Å². The second-order valence-electron chi connectivity index (χ2n) is 6.87. The van der Waals surface area contributed by atoms with Crippen molar-refractivity contribution >= 4 is 5.57 Å². The quantitative estimate of drug-likeness (QED) is 0.610. The number of allylic oxidation sites excluding steroid dienone is 4. The number of hydrogen-bond acceptors (Lipinski definition) is 2. The minimum Gasteiger partial charge on any atom is -0.255 e. The van der Waals surface area contributed by atoms with E-state index in [0.717, 1.165) is 29.9 Å². The summed E-state index contributed by atoms with van der Waals surface area (Å²) >= 11 is 0. The Morgan fingerprint density at radius 1 is 1.23 bits per heavy atom. The summed E-state index contributed by atoms with van der Waals surface area (Å²) in [5, 5.41) is 0. The zero-order chi connectivity index (χ0) is 16.9. The molecule has 2 rings (SSSR count). The third kappa shape index (κ3) is 5.08. The Kier molecular flexibility index (Phi) is 6.52. The molecule has 0 spiro atoms. The second kappa shape index (κ2) is 7.71. The lowest BCUT2D eigenvalue weighted by molar-refractivity contribution is 0.504. The van der Waals surface area contributed by atoms with Crippen molar-refractivity contribution in [1.29, 1.82) is 0 Å². The highest BCUT2D eigenvalue weighted by Crippen LogP contribution is 2.37. The van der Waals surface area contributed by atoms with Crippen LogP contribution in [0.15, 0.2) is 23.4 Å². The van der Waals surface area contributed by atoms with Gasteiger partial charge in [0.1, 0.15) is 0 Å². The molecule has 1 heterocycles. The van der Waals surface area contributed by atoms with E-state index >= 15 is 0 Å². The number of aromatic nitrogens is 2. The van der Waals surface area contributed by atoms with Gasteiger partial charge in [0.25, 0.3) is 0 Å². The van der Waals surface area contributed by atoms with E-state index in [9.17, 15) is 0 Å². The lowest BCUT2D eigenvalue weighted by Gasteiger charge is -2.24. The van der Waals surface area contributed by atoms with Gasteiger partial charge in [0.15, 0.2) is 0 Å². The Hall–Kier alpha value is -1.44. The highest BCUT2D eigenvalue weighted by Gasteiger charge is 2.21. The van der Waals surface area contributed by atoms with Crippen LogP contribution in [0.25, 0.3) is 5.57 Å². The lowest BCUT2D eigenvalue weighted by atomic mass is 9.82. The highest BCUT2D eigenvalue weighted by molar-refractivity contribution is 5.68. The van der Waals surface area contributed by atoms with Crippen LogP contribution in [0.4, 0.5) is 0 Å². The van der Waals surface area contributed by atoms with Gasteiger partial charge in [0.2, 0.25) is 0 Å². The van der Waals surface area contributed by atoms with Crippen LogP contribution in [0.3, 0.4) is 0 Å². The van der Waals surface area contributed by atoms with Crippen LogP contribution in [0, 0.1) is 19.3 Å². The number of aryl methyl sites for hydroxylation is 2. The monoisotopic (exact) mass is 302 g/mol. The molecular weight excluding hydrogens is 268 g/mol. The van der Waals surface area contributed by atoms with E-state index in [1.807, 2.05) is 27.0 Å². The Morgan fingerprint density at radius 2 is 1.82 bits per heavy atom. The average molecular weight is 303 g/mol. The Morgan fingerprint density at radius 3 is 2.27 bits per heavy atom. The van der Waals surface area contributed by atoms with Crippen LogP contribution in [-0.4, -0.2) is 9.97 Å². The van der Waals surface area contributed by atoms with Gasteiger partial charge in [-0.3, -0.25) is 9.97 Å². The molecule has 0 N–H and O–H groups in total. The molecule has 2 nitrogen and oxygen atoms in total. The molecule has 0 aromatic carbocycles. The van der Waals surface area contributed by atoms with E-state index < -0.39 is 0 Å². The molecule has 0 saturated heterocycles. The summed E-state index contributed by atoms with van der Waals surface area (Å²) in [5.74, 6) is 0. The number of nitrogens with zero attached hydrogens (tertiary/aromatic N) is 2. The van der Waals surface area contributed by atoms with Gasteiger partial charge in [-0.1, -0.05) is 51.8 Å². The van der Waals surface area contributed by atoms with Crippen LogP contribution in [0.1, 0.15) is 79.3 Å². The molecule has 1 aliphatic carbocycles. The maximum absolute atomic E-state index is 4.67. The Labute approximate surface area is 138 Å². The van der Waals surface area contributed by atoms with Crippen molar-refractivity contribution in [1.82, 2.24) is 9.97 Å². The van der Waals surface area contributed by atoms with Gasteiger partial charge in [0.05, 0.1) is 17.1 Å². The topological polar surface area (TPSA) is 25.8 Å². The summed E-state index contributed by atoms with van der Waals surface area (Å²) < 4.78 is 0. The van der Waals surface area contributed by atoms with Gasteiger partial charge in [-0.25, -0.2) is 0 Å². The van der Waals surface area contributed by atoms with Gasteiger partial charge >= 0.3 is 0 Å². The van der Waals surface area contributed by atoms with Gasteiger partial charge in [-0.2, -0.15) is 0 Å². The van der Waals surface area contributed by atoms with Crippen molar-refractivity contribution in [2.45, 2.75) is 74.7 Å². The summed E-state index contributed by atoms with van der Waals surface area (Å²) in [7, 11) is 0. The SMILES string of the molecule is C/C(=C(/CCC1=CC1)c1ncc(C)nc1C)C(C)(C)C.CC.[HH]. The second-order valence-corrected chi connectivity index (χ2v) is 6.87. The molecule has 124 valence electrons. The molecule has 0 radical (unpaired) electrons. The Bertz CT molecular complexity index is 578. The smallest absolute Gasteiger partial charge is 0.0874 e. The molecule has 2 heteroatoms. The predicted molar refractivity (Wildman–Crippen MR) is 99.0 cm³/mol. The molecule has 0 saturated carbocycles. The lowest BCUT2D eigenvalue weighted by Crippen LogP contribution is -2.11. The largest absolute Gasteiger partial charge is 0.255 e. The van der Waals surface area contributed by atoms with Gasteiger partial charge in [-0.15, -0.1) is 0 Å². The Balaban J connectivity index is 0.00000155. The molecular formula is C20H34N2. The number of hydrogen-bond donors (Lipinski definition) is 0. The van der Waals surface area contributed by atoms with Gasteiger partial charge in [-0.05, 0) is 51.0 Å². The minimum atomic E-state index is 0. The fraction of sp³-hybridized carbons (Fsp3) is 0.600. The van der Waals surface area contributed by atoms with Crippen molar-refractivity contribution < 1.29 is 1.43 Å². The van der Waals surface area contributed by atoms with E-state index in [2.05, 4.69) is 50.7 Å². The summed E-state index contributed by atoms with van der Waals surface area (Å²) in [4.78, 5) is 9.26. The fourth-order valence-electron chi connectivity index (χ4n) is 2.39. The molecule has 1 aromatic heterocycles. The van der Waals surface area contributed by atoms with Crippen LogP contribution in [0.2, 0.25) is 0 Å². The van der Waals surface area contributed by atoms with Crippen LogP contribution in [-0.2, 0) is 0 Å². The van der Waals surface area contributed by atoms with Crippen molar-refractivity contribution in [2.75, 3.05) is 0 Å². The number of rotatable bonds is 4. The van der Waals surface area contributed by atoms with Gasteiger partial charge in [0, 0.05) is 7.62 Å². The van der Waals surface area contributed by atoms with E-state index in [0.29, 0.717) is 0 Å². The van der Waals surface area contributed by atoms with Crippen LogP contribution < -0.4 is 0 Å². The summed E-state index contributed by atoms with van der Waals surface area (Å²) in [5.41, 5.74) is 7.70. The maximum Gasteiger partial charge on any atom is 0.0874 e. The molecule has 22 heavy (non-hydrogen) atoms. The molecule has 0 fully saturated rings. The van der Waals surface area contributed by atoms with Crippen LogP contribution in [0.5, 0.6) is 0 Å². The van der Waals surface area contributed by atoms with E-state index in [-0.39, 0.29) is 6.84 Å². The third-order valence-electron chi connectivity index (χ3n) is 4.12. The average Bonchev–Trinajstić information content (AvgIpc) is 3.26. The maximum atomic E-state index is 4.67. The molecule has 0 aliphatic heterocycles. The van der Waals surface area contributed by atoms with Crippen molar-refractivity contribution in [3.8, 4) is 0 Å². The first kappa shape index (κ1) is 18.6. The fourth-order valence-corrected chi connectivity index (χ4v) is 2.39. The van der Waals surface area contributed by atoms with Crippen molar-refractivity contribution in [2.24, 2.45) is 5.41 Å². The normalized spacial score (nSPS) is 14.6. The van der Waals surface area contributed by atoms with E-state index in [4.69, 9.17) is 0 Å². The summed E-state index contributed by atoms with van der Waals surface area (Å²) in [6, 6.07) is 0. The molecule has 0 bridgehead atoms. The summed E-state index contributed by atoms with van der Waals surface area (Å²) in [6.07, 6.45) is 7.65. The minimum absolute atomic E-state index is 0. The highest BCUT2D eigenvalue weighted by atomic mass is 14.8. The molecule has 0 atom stereocenters. The molecule has 1 aliphatic rings. The van der Waals surface area contributed by atoms with E-state index in [1.54, 1.807) is 5.57 Å². The van der Waals surface area contributed by atoms with Gasteiger partial charge < -0.3 is 0 Å². The molecule has 0 unspecified atom stereocenters. The zero-order valence-electron chi connectivity index (χ0n) is 15.7. The predicted octanol–water partition coefficient (Wildman–Crippen LogP) is 6.30. The van der Waals surface area contributed by atoms with Crippen LogP contribution >= 0.6 is 0 Å². The molecule has 1 aromatic rings.